The smallest absolute Gasteiger partial charge is 0.141 e. The van der Waals surface area contributed by atoms with Gasteiger partial charge >= 0.3 is 0 Å². The summed E-state index contributed by atoms with van der Waals surface area (Å²) in [6, 6.07) is 0.381. The maximum absolute atomic E-state index is 5.95. The van der Waals surface area contributed by atoms with Gasteiger partial charge in [0.1, 0.15) is 12.2 Å². The lowest BCUT2D eigenvalue weighted by Crippen LogP contribution is -2.41. The molecule has 0 amide bonds. The first-order chi connectivity index (χ1) is 8.83. The fourth-order valence-corrected chi connectivity index (χ4v) is 2.94. The number of ether oxygens (including phenoxy) is 2. The van der Waals surface area contributed by atoms with Gasteiger partial charge < -0.3 is 14.8 Å². The highest BCUT2D eigenvalue weighted by Gasteiger charge is 2.42. The van der Waals surface area contributed by atoms with Crippen LogP contribution in [0, 0.1) is 0 Å². The normalized spacial score (nSPS) is 32.2. The van der Waals surface area contributed by atoms with Gasteiger partial charge in [0.2, 0.25) is 0 Å². The second-order valence-corrected chi connectivity index (χ2v) is 5.13. The van der Waals surface area contributed by atoms with Crippen LogP contribution < -0.4 is 5.32 Å². The van der Waals surface area contributed by atoms with Crippen molar-refractivity contribution < 1.29 is 9.47 Å². The summed E-state index contributed by atoms with van der Waals surface area (Å²) in [4.78, 5) is 4.31. The first-order valence-corrected chi connectivity index (χ1v) is 6.58. The number of aromatic nitrogens is 3. The Hall–Kier alpha value is -0.980. The highest BCUT2D eigenvalue weighted by Crippen LogP contribution is 2.37. The predicted molar refractivity (Wildman–Crippen MR) is 65.2 cm³/mol. The molecule has 1 aromatic heterocycles. The van der Waals surface area contributed by atoms with Gasteiger partial charge in [0.15, 0.2) is 0 Å². The minimum absolute atomic E-state index is 0.0776. The molecule has 1 spiro atoms. The molecule has 6 nitrogen and oxygen atoms in total. The summed E-state index contributed by atoms with van der Waals surface area (Å²) in [5.41, 5.74) is -0.0776. The second kappa shape index (κ2) is 4.95. The van der Waals surface area contributed by atoms with Gasteiger partial charge in [0, 0.05) is 26.1 Å². The molecule has 2 unspecified atom stereocenters. The summed E-state index contributed by atoms with van der Waals surface area (Å²) in [7, 11) is 1.93. The van der Waals surface area contributed by atoms with Crippen LogP contribution in [0.5, 0.6) is 0 Å². The van der Waals surface area contributed by atoms with Gasteiger partial charge in [-0.3, -0.25) is 0 Å². The molecule has 6 heteroatoms. The molecule has 2 aliphatic heterocycles. The Bertz CT molecular complexity index is 401. The molecule has 3 heterocycles. The van der Waals surface area contributed by atoms with E-state index in [4.69, 9.17) is 9.47 Å². The minimum Gasteiger partial charge on any atom is -0.378 e. The number of hydrogen-bond acceptors (Lipinski definition) is 5. The van der Waals surface area contributed by atoms with Crippen LogP contribution in [-0.2, 0) is 16.0 Å². The average molecular weight is 252 g/mol. The van der Waals surface area contributed by atoms with Crippen LogP contribution in [0.15, 0.2) is 6.33 Å². The molecule has 0 saturated carbocycles. The van der Waals surface area contributed by atoms with Gasteiger partial charge in [-0.15, -0.1) is 0 Å². The molecule has 0 bridgehead atoms. The van der Waals surface area contributed by atoms with Crippen LogP contribution in [-0.4, -0.2) is 47.2 Å². The first kappa shape index (κ1) is 12.1. The van der Waals surface area contributed by atoms with E-state index in [1.54, 1.807) is 6.33 Å². The Morgan fingerprint density at radius 1 is 1.56 bits per heavy atom. The SMILES string of the molecule is CNCc1ncnn1C1CCOC2(CCOC2)C1. The zero-order chi connectivity index (χ0) is 12.4. The number of hydrogen-bond donors (Lipinski definition) is 1. The molecule has 0 aromatic carbocycles. The third kappa shape index (κ3) is 2.15. The maximum atomic E-state index is 5.95. The van der Waals surface area contributed by atoms with E-state index in [9.17, 15) is 0 Å². The summed E-state index contributed by atoms with van der Waals surface area (Å²) < 4.78 is 13.5. The Labute approximate surface area is 107 Å². The summed E-state index contributed by atoms with van der Waals surface area (Å²) in [5.74, 6) is 0.999. The van der Waals surface area contributed by atoms with E-state index < -0.39 is 0 Å². The van der Waals surface area contributed by atoms with Crippen LogP contribution in [0.3, 0.4) is 0 Å². The maximum Gasteiger partial charge on any atom is 0.141 e. The molecule has 2 saturated heterocycles. The average Bonchev–Trinajstić information content (AvgIpc) is 3.00. The quantitative estimate of drug-likeness (QED) is 0.849. The monoisotopic (exact) mass is 252 g/mol. The van der Waals surface area contributed by atoms with Crippen LogP contribution in [0.2, 0.25) is 0 Å². The van der Waals surface area contributed by atoms with Crippen molar-refractivity contribution in [1.29, 1.82) is 0 Å². The molecular formula is C12H20N4O2. The molecule has 1 aromatic rings. The van der Waals surface area contributed by atoms with E-state index in [0.29, 0.717) is 6.04 Å². The van der Waals surface area contributed by atoms with Crippen molar-refractivity contribution in [2.24, 2.45) is 0 Å². The van der Waals surface area contributed by atoms with Gasteiger partial charge in [0.05, 0.1) is 24.8 Å². The molecule has 1 N–H and O–H groups in total. The van der Waals surface area contributed by atoms with Gasteiger partial charge in [-0.25, -0.2) is 9.67 Å². The third-order valence-electron chi connectivity index (χ3n) is 3.86. The lowest BCUT2D eigenvalue weighted by Gasteiger charge is -2.37. The number of rotatable bonds is 3. The zero-order valence-electron chi connectivity index (χ0n) is 10.8. The van der Waals surface area contributed by atoms with Gasteiger partial charge in [0.25, 0.3) is 0 Å². The Balaban J connectivity index is 1.77. The molecule has 0 aliphatic carbocycles. The van der Waals surface area contributed by atoms with Crippen LogP contribution in [0.1, 0.15) is 31.1 Å². The molecule has 100 valence electrons. The van der Waals surface area contributed by atoms with Crippen molar-refractivity contribution in [3.05, 3.63) is 12.2 Å². The van der Waals surface area contributed by atoms with E-state index >= 15 is 0 Å². The first-order valence-electron chi connectivity index (χ1n) is 6.58. The van der Waals surface area contributed by atoms with Crippen molar-refractivity contribution in [3.63, 3.8) is 0 Å². The Morgan fingerprint density at radius 2 is 2.50 bits per heavy atom. The highest BCUT2D eigenvalue weighted by molar-refractivity contribution is 4.95. The standard InChI is InChI=1S/C12H20N4O2/c1-13-7-11-14-9-15-16(11)10-2-4-18-12(6-10)3-5-17-8-12/h9-10,13H,2-8H2,1H3. The van der Waals surface area contributed by atoms with Crippen molar-refractivity contribution in [2.45, 2.75) is 37.5 Å². The second-order valence-electron chi connectivity index (χ2n) is 5.13. The fourth-order valence-electron chi connectivity index (χ4n) is 2.94. The lowest BCUT2D eigenvalue weighted by atomic mass is 9.90. The van der Waals surface area contributed by atoms with Crippen LogP contribution >= 0.6 is 0 Å². The van der Waals surface area contributed by atoms with Crippen LogP contribution in [0.4, 0.5) is 0 Å². The summed E-state index contributed by atoms with van der Waals surface area (Å²) in [6.45, 7) is 3.07. The molecule has 3 rings (SSSR count). The van der Waals surface area contributed by atoms with E-state index in [1.165, 1.54) is 0 Å². The Morgan fingerprint density at radius 3 is 3.28 bits per heavy atom. The van der Waals surface area contributed by atoms with E-state index in [1.807, 2.05) is 7.05 Å². The summed E-state index contributed by atoms with van der Waals surface area (Å²) in [5, 5.41) is 7.51. The molecule has 18 heavy (non-hydrogen) atoms. The molecule has 2 atom stereocenters. The number of nitrogens with zero attached hydrogens (tertiary/aromatic N) is 3. The van der Waals surface area contributed by atoms with Crippen molar-refractivity contribution >= 4 is 0 Å². The zero-order valence-corrected chi connectivity index (χ0v) is 10.8. The van der Waals surface area contributed by atoms with Gasteiger partial charge in [-0.2, -0.15) is 5.10 Å². The third-order valence-corrected chi connectivity index (χ3v) is 3.86. The van der Waals surface area contributed by atoms with Crippen molar-refractivity contribution in [3.8, 4) is 0 Å². The Kier molecular flexibility index (Phi) is 3.32. The van der Waals surface area contributed by atoms with Crippen molar-refractivity contribution in [1.82, 2.24) is 20.1 Å². The van der Waals surface area contributed by atoms with E-state index in [-0.39, 0.29) is 5.60 Å². The summed E-state index contributed by atoms with van der Waals surface area (Å²) in [6.07, 6.45) is 4.62. The minimum atomic E-state index is -0.0776. The molecule has 2 aliphatic rings. The molecule has 2 fully saturated rings. The molecule has 0 radical (unpaired) electrons. The van der Waals surface area contributed by atoms with Crippen LogP contribution in [0.25, 0.3) is 0 Å². The van der Waals surface area contributed by atoms with Gasteiger partial charge in [-0.05, 0) is 13.5 Å². The molecular weight excluding hydrogens is 232 g/mol. The van der Waals surface area contributed by atoms with E-state index in [0.717, 1.165) is 51.5 Å². The summed E-state index contributed by atoms with van der Waals surface area (Å²) >= 11 is 0. The van der Waals surface area contributed by atoms with Crippen molar-refractivity contribution in [2.75, 3.05) is 26.9 Å². The topological polar surface area (TPSA) is 61.2 Å². The predicted octanol–water partition coefficient (Wildman–Crippen LogP) is 0.508. The largest absolute Gasteiger partial charge is 0.378 e. The number of nitrogens with one attached hydrogen (secondary N) is 1. The highest BCUT2D eigenvalue weighted by atomic mass is 16.6. The fraction of sp³-hybridized carbons (Fsp3) is 0.833. The van der Waals surface area contributed by atoms with E-state index in [2.05, 4.69) is 20.1 Å². The lowest BCUT2D eigenvalue weighted by molar-refractivity contribution is -0.0966. The van der Waals surface area contributed by atoms with Gasteiger partial charge in [-0.1, -0.05) is 0 Å².